The molecule has 0 amide bonds. The first kappa shape index (κ1) is 15.0. The number of benzene rings is 1. The van der Waals surface area contributed by atoms with Crippen molar-refractivity contribution in [2.45, 2.75) is 18.7 Å². The number of halogens is 1. The highest BCUT2D eigenvalue weighted by Gasteiger charge is 2.29. The fraction of sp³-hybridized carbons (Fsp3) is 0.250. The maximum atomic E-state index is 12.6. The maximum absolute atomic E-state index is 12.6. The molecule has 108 valence electrons. The van der Waals surface area contributed by atoms with Crippen LogP contribution in [-0.2, 0) is 10.0 Å². The van der Waals surface area contributed by atoms with Crippen LogP contribution in [0, 0.1) is 13.8 Å². The minimum Gasteiger partial charge on any atom is -0.335 e. The molecule has 0 saturated heterocycles. The van der Waals surface area contributed by atoms with Gasteiger partial charge in [-0.1, -0.05) is 17.3 Å². The van der Waals surface area contributed by atoms with Crippen molar-refractivity contribution in [1.82, 2.24) is 10.6 Å². The number of hydrogen-bond donors (Lipinski definition) is 1. The van der Waals surface area contributed by atoms with Crippen molar-refractivity contribution >= 4 is 31.8 Å². The lowest BCUT2D eigenvalue weighted by Crippen LogP contribution is -2.40. The fourth-order valence-electron chi connectivity index (χ4n) is 1.68. The van der Waals surface area contributed by atoms with E-state index in [9.17, 15) is 8.42 Å². The molecule has 1 aromatic carbocycles. The van der Waals surface area contributed by atoms with Crippen molar-refractivity contribution in [3.63, 3.8) is 0 Å². The van der Waals surface area contributed by atoms with E-state index >= 15 is 0 Å². The molecule has 0 aliphatic rings. The van der Waals surface area contributed by atoms with Crippen LogP contribution in [0.15, 0.2) is 38.2 Å². The van der Waals surface area contributed by atoms with Crippen molar-refractivity contribution in [1.29, 1.82) is 0 Å². The molecule has 1 aromatic heterocycles. The average molecular weight is 360 g/mol. The van der Waals surface area contributed by atoms with Gasteiger partial charge in [0.2, 0.25) is 0 Å². The molecule has 2 aromatic rings. The number of aryl methyl sites for hydroxylation is 2. The highest BCUT2D eigenvalue weighted by molar-refractivity contribution is 9.10. The molecule has 0 aliphatic carbocycles. The SMILES string of the molecule is CNN(c1onc(C)c1Br)S(=O)(=O)c1cccc(C)c1. The van der Waals surface area contributed by atoms with Crippen LogP contribution in [0.1, 0.15) is 11.3 Å². The average Bonchev–Trinajstić information content (AvgIpc) is 2.72. The number of aromatic nitrogens is 1. The summed E-state index contributed by atoms with van der Waals surface area (Å²) < 4.78 is 31.8. The summed E-state index contributed by atoms with van der Waals surface area (Å²) in [4.78, 5) is 0.174. The zero-order valence-electron chi connectivity index (χ0n) is 11.2. The van der Waals surface area contributed by atoms with Crippen molar-refractivity contribution < 1.29 is 12.9 Å². The van der Waals surface area contributed by atoms with E-state index < -0.39 is 10.0 Å². The van der Waals surface area contributed by atoms with Crippen LogP contribution in [0.2, 0.25) is 0 Å². The van der Waals surface area contributed by atoms with E-state index in [0.717, 1.165) is 9.98 Å². The van der Waals surface area contributed by atoms with Gasteiger partial charge in [0.25, 0.3) is 15.9 Å². The van der Waals surface area contributed by atoms with Gasteiger partial charge < -0.3 is 4.52 Å². The fourth-order valence-corrected chi connectivity index (χ4v) is 3.50. The number of hydrogen-bond acceptors (Lipinski definition) is 5. The topological polar surface area (TPSA) is 75.4 Å². The summed E-state index contributed by atoms with van der Waals surface area (Å²) in [5, 5.41) is 3.74. The Bertz CT molecular complexity index is 727. The van der Waals surface area contributed by atoms with Gasteiger partial charge in [-0.25, -0.2) is 5.43 Å². The van der Waals surface area contributed by atoms with Gasteiger partial charge in [-0.05, 0) is 47.5 Å². The van der Waals surface area contributed by atoms with E-state index in [1.165, 1.54) is 13.1 Å². The molecule has 2 rings (SSSR count). The lowest BCUT2D eigenvalue weighted by atomic mass is 10.2. The number of nitrogens with zero attached hydrogens (tertiary/aromatic N) is 2. The van der Waals surface area contributed by atoms with Gasteiger partial charge in [0.1, 0.15) is 4.47 Å². The van der Waals surface area contributed by atoms with Gasteiger partial charge >= 0.3 is 0 Å². The van der Waals surface area contributed by atoms with Gasteiger partial charge in [-0.15, -0.1) is 0 Å². The summed E-state index contributed by atoms with van der Waals surface area (Å²) in [6, 6.07) is 6.65. The first-order valence-corrected chi connectivity index (χ1v) is 8.02. The lowest BCUT2D eigenvalue weighted by Gasteiger charge is -2.20. The van der Waals surface area contributed by atoms with Crippen molar-refractivity contribution in [3.05, 3.63) is 40.0 Å². The van der Waals surface area contributed by atoms with Crippen LogP contribution in [-0.4, -0.2) is 20.6 Å². The molecule has 1 N–H and O–H groups in total. The molecule has 0 aliphatic heterocycles. The second-order valence-corrected chi connectivity index (χ2v) is 6.78. The van der Waals surface area contributed by atoms with E-state index in [4.69, 9.17) is 4.52 Å². The number of hydrazine groups is 1. The molecule has 0 spiro atoms. The molecule has 6 nitrogen and oxygen atoms in total. The number of sulfonamides is 1. The molecule has 8 heteroatoms. The molecule has 20 heavy (non-hydrogen) atoms. The predicted molar refractivity (Wildman–Crippen MR) is 78.8 cm³/mol. The smallest absolute Gasteiger partial charge is 0.280 e. The third-order valence-corrected chi connectivity index (χ3v) is 5.28. The summed E-state index contributed by atoms with van der Waals surface area (Å²) in [6.07, 6.45) is 0. The first-order valence-electron chi connectivity index (χ1n) is 5.79. The third kappa shape index (κ3) is 2.58. The largest absolute Gasteiger partial charge is 0.335 e. The van der Waals surface area contributed by atoms with Gasteiger partial charge in [0, 0.05) is 7.05 Å². The summed E-state index contributed by atoms with van der Waals surface area (Å²) in [7, 11) is -2.28. The van der Waals surface area contributed by atoms with Gasteiger partial charge in [0.15, 0.2) is 0 Å². The van der Waals surface area contributed by atoms with Crippen LogP contribution in [0.25, 0.3) is 0 Å². The molecular formula is C12H14BrN3O3S. The Morgan fingerprint density at radius 2 is 2.05 bits per heavy atom. The van der Waals surface area contributed by atoms with E-state index in [1.54, 1.807) is 19.1 Å². The first-order chi connectivity index (χ1) is 9.37. The van der Waals surface area contributed by atoms with E-state index in [-0.39, 0.29) is 10.8 Å². The second kappa shape index (κ2) is 5.55. The Kier molecular flexibility index (Phi) is 4.17. The minimum atomic E-state index is -3.78. The molecule has 0 fully saturated rings. The zero-order valence-corrected chi connectivity index (χ0v) is 13.6. The minimum absolute atomic E-state index is 0.0894. The summed E-state index contributed by atoms with van der Waals surface area (Å²) in [5.74, 6) is 0.0894. The van der Waals surface area contributed by atoms with Gasteiger partial charge in [0.05, 0.1) is 10.6 Å². The van der Waals surface area contributed by atoms with E-state index in [1.807, 2.05) is 13.0 Å². The Morgan fingerprint density at radius 3 is 2.55 bits per heavy atom. The number of rotatable bonds is 4. The lowest BCUT2D eigenvalue weighted by molar-refractivity contribution is 0.414. The van der Waals surface area contributed by atoms with Crippen LogP contribution < -0.4 is 9.84 Å². The highest BCUT2D eigenvalue weighted by atomic mass is 79.9. The standard InChI is InChI=1S/C12H14BrN3O3S/c1-8-5-4-6-10(7-8)20(17,18)16(14-3)12-11(13)9(2)15-19-12/h4-7,14H,1-3H3. The Labute approximate surface area is 125 Å². The van der Waals surface area contributed by atoms with Crippen molar-refractivity contribution in [2.24, 2.45) is 0 Å². The molecule has 0 radical (unpaired) electrons. The molecule has 0 saturated carbocycles. The van der Waals surface area contributed by atoms with Crippen LogP contribution >= 0.6 is 15.9 Å². The molecule has 1 heterocycles. The molecule has 0 unspecified atom stereocenters. The summed E-state index contributed by atoms with van der Waals surface area (Å²) in [5.41, 5.74) is 4.04. The molecular weight excluding hydrogens is 346 g/mol. The number of anilines is 1. The van der Waals surface area contributed by atoms with Crippen LogP contribution in [0.4, 0.5) is 5.88 Å². The Balaban J connectivity index is 2.53. The zero-order chi connectivity index (χ0) is 14.9. The maximum Gasteiger partial charge on any atom is 0.280 e. The van der Waals surface area contributed by atoms with Crippen molar-refractivity contribution in [3.8, 4) is 0 Å². The Hall–Kier alpha value is -1.38. The van der Waals surface area contributed by atoms with Gasteiger partial charge in [-0.2, -0.15) is 12.8 Å². The molecule has 0 bridgehead atoms. The summed E-state index contributed by atoms with van der Waals surface area (Å²) >= 11 is 3.27. The highest BCUT2D eigenvalue weighted by Crippen LogP contribution is 2.31. The summed E-state index contributed by atoms with van der Waals surface area (Å²) in [6.45, 7) is 3.54. The Morgan fingerprint density at radius 1 is 1.35 bits per heavy atom. The molecule has 0 atom stereocenters. The van der Waals surface area contributed by atoms with Crippen LogP contribution in [0.5, 0.6) is 0 Å². The van der Waals surface area contributed by atoms with E-state index in [2.05, 4.69) is 26.5 Å². The quantitative estimate of drug-likeness (QED) is 0.848. The van der Waals surface area contributed by atoms with Crippen LogP contribution in [0.3, 0.4) is 0 Å². The monoisotopic (exact) mass is 359 g/mol. The van der Waals surface area contributed by atoms with E-state index in [0.29, 0.717) is 10.2 Å². The second-order valence-electron chi connectivity index (χ2n) is 4.20. The predicted octanol–water partition coefficient (Wildman–Crippen LogP) is 2.38. The normalized spacial score (nSPS) is 11.6. The third-order valence-electron chi connectivity index (χ3n) is 2.69. The van der Waals surface area contributed by atoms with Gasteiger partial charge in [-0.3, -0.25) is 0 Å². The number of nitrogens with one attached hydrogen (secondary N) is 1. The van der Waals surface area contributed by atoms with Crippen molar-refractivity contribution in [2.75, 3.05) is 11.5 Å².